The number of carbonyl (C=O) groups is 11. The van der Waals surface area contributed by atoms with Crippen molar-refractivity contribution in [2.24, 2.45) is 11.8 Å². The van der Waals surface area contributed by atoms with E-state index in [1.54, 1.807) is 34.6 Å². The molecule has 7 amide bonds. The predicted octanol–water partition coefficient (Wildman–Crippen LogP) is -2.20. The molecule has 0 rings (SSSR count). The topological polar surface area (TPSA) is 322 Å². The molecular formula is C35H55N7O14. The number of rotatable bonds is 27. The van der Waals surface area contributed by atoms with E-state index < -0.39 is 139 Å². The number of hydrogen-bond donors (Lipinski definition) is 9. The van der Waals surface area contributed by atoms with E-state index in [0.29, 0.717) is 6.42 Å². The Hall–Kier alpha value is -5.89. The van der Waals surface area contributed by atoms with Crippen LogP contribution in [0.15, 0.2) is 12.7 Å². The molecule has 0 aliphatic carbocycles. The first-order chi connectivity index (χ1) is 26.1. The van der Waals surface area contributed by atoms with E-state index in [4.69, 9.17) is 9.84 Å². The quantitative estimate of drug-likeness (QED) is 0.0242. The van der Waals surface area contributed by atoms with Crippen LogP contribution in [-0.2, 0) is 57.5 Å². The van der Waals surface area contributed by atoms with Gasteiger partial charge in [-0.2, -0.15) is 0 Å². The number of Topliss-reactive ketones (excluding diaryl/α,β-unsaturated/α-hetero) is 1. The van der Waals surface area contributed by atoms with E-state index in [9.17, 15) is 57.8 Å². The molecule has 314 valence electrons. The normalized spacial score (nSPS) is 13.4. The van der Waals surface area contributed by atoms with Crippen molar-refractivity contribution >= 4 is 65.0 Å². The molecule has 9 N–H and O–H groups in total. The molecule has 0 aromatic heterocycles. The Balaban J connectivity index is 5.75. The number of esters is 1. The molecule has 0 aliphatic heterocycles. The van der Waals surface area contributed by atoms with Crippen molar-refractivity contribution < 1.29 is 67.7 Å². The van der Waals surface area contributed by atoms with Gasteiger partial charge in [0.05, 0.1) is 12.6 Å². The Labute approximate surface area is 324 Å². The number of carbonyl (C=O) groups excluding carboxylic acids is 9. The first-order valence-corrected chi connectivity index (χ1v) is 17.9. The number of ether oxygens (including phenoxy) is 1. The van der Waals surface area contributed by atoms with Crippen molar-refractivity contribution in [3.8, 4) is 0 Å². The molecule has 21 heteroatoms. The first-order valence-electron chi connectivity index (χ1n) is 17.9. The fourth-order valence-corrected chi connectivity index (χ4v) is 4.84. The Morgan fingerprint density at radius 2 is 1.12 bits per heavy atom. The van der Waals surface area contributed by atoms with E-state index >= 15 is 0 Å². The van der Waals surface area contributed by atoms with Crippen LogP contribution in [0.1, 0.15) is 80.1 Å². The highest BCUT2D eigenvalue weighted by atomic mass is 16.5. The Morgan fingerprint density at radius 3 is 1.61 bits per heavy atom. The summed E-state index contributed by atoms with van der Waals surface area (Å²) in [7, 11) is 0. The summed E-state index contributed by atoms with van der Waals surface area (Å²) in [6.07, 6.45) is -0.126. The third-order valence-corrected chi connectivity index (χ3v) is 7.75. The van der Waals surface area contributed by atoms with E-state index in [-0.39, 0.29) is 19.4 Å². The van der Waals surface area contributed by atoms with Gasteiger partial charge < -0.3 is 52.2 Å². The first kappa shape index (κ1) is 50.1. The van der Waals surface area contributed by atoms with Crippen molar-refractivity contribution in [2.75, 3.05) is 19.7 Å². The molecule has 0 aromatic carbocycles. The van der Waals surface area contributed by atoms with Gasteiger partial charge in [0, 0.05) is 19.8 Å². The minimum Gasteiger partial charge on any atom is -0.481 e. The van der Waals surface area contributed by atoms with Crippen LogP contribution >= 0.6 is 0 Å². The van der Waals surface area contributed by atoms with Gasteiger partial charge in [-0.3, -0.25) is 52.7 Å². The lowest BCUT2D eigenvalue weighted by Gasteiger charge is -2.29. The molecule has 5 atom stereocenters. The summed E-state index contributed by atoms with van der Waals surface area (Å²) in [5.41, 5.74) is 0. The third-order valence-electron chi connectivity index (χ3n) is 7.75. The number of aliphatic carboxylic acids is 2. The molecule has 0 fully saturated rings. The number of hydrogen-bond acceptors (Lipinski definition) is 12. The Morgan fingerprint density at radius 1 is 0.625 bits per heavy atom. The summed E-state index contributed by atoms with van der Waals surface area (Å²) in [6, 6.07) is -6.79. The summed E-state index contributed by atoms with van der Waals surface area (Å²) in [6.45, 7) is 11.1. The minimum absolute atomic E-state index is 0.0568. The largest absolute Gasteiger partial charge is 0.481 e. The molecule has 0 radical (unpaired) electrons. The standard InChI is InChI=1S/C35H55N7O14/c1-8-10-21(30(50)35(55)37-17-27(49)56-15-9-2)39-24(44)16-36-33(53)28(18(3)4)42-34(54)29(19(5)6)41-32(52)23(12-14-26(47)48)40-31(51)22(38-20(7)43)11-13-25(45)46/h9,18-19,21-23,28-29H,2,8,10-17H2,1,3-7H3,(H,36,53)(H,37,55)(H,38,43)(H,39,44)(H,40,51)(H,41,52)(H,42,54)(H,45,46)(H,47,48)/t21-,22-,23-,28-,29-/m0/s1. The van der Waals surface area contributed by atoms with Gasteiger partial charge in [-0.25, -0.2) is 0 Å². The predicted molar refractivity (Wildman–Crippen MR) is 196 cm³/mol. The maximum absolute atomic E-state index is 13.5. The number of nitrogens with one attached hydrogen (secondary N) is 7. The van der Waals surface area contributed by atoms with E-state index in [2.05, 4.69) is 43.8 Å². The van der Waals surface area contributed by atoms with Crippen molar-refractivity contribution in [1.82, 2.24) is 37.2 Å². The van der Waals surface area contributed by atoms with Crippen LogP contribution in [0.5, 0.6) is 0 Å². The zero-order valence-electron chi connectivity index (χ0n) is 32.5. The highest BCUT2D eigenvalue weighted by Gasteiger charge is 2.34. The summed E-state index contributed by atoms with van der Waals surface area (Å²) in [5.74, 6) is -11.9. The smallest absolute Gasteiger partial charge is 0.325 e. The molecule has 0 unspecified atom stereocenters. The summed E-state index contributed by atoms with van der Waals surface area (Å²) >= 11 is 0. The molecule has 0 saturated carbocycles. The lowest BCUT2D eigenvalue weighted by Crippen LogP contribution is -2.60. The highest BCUT2D eigenvalue weighted by molar-refractivity contribution is 6.38. The van der Waals surface area contributed by atoms with Crippen molar-refractivity contribution in [2.45, 2.75) is 110 Å². The molecule has 21 nitrogen and oxygen atoms in total. The van der Waals surface area contributed by atoms with Crippen LogP contribution in [0.3, 0.4) is 0 Å². The van der Waals surface area contributed by atoms with Crippen LogP contribution in [0, 0.1) is 11.8 Å². The monoisotopic (exact) mass is 797 g/mol. The molecule has 0 spiro atoms. The van der Waals surface area contributed by atoms with E-state index in [1.165, 1.54) is 6.08 Å². The van der Waals surface area contributed by atoms with Crippen molar-refractivity contribution in [3.05, 3.63) is 12.7 Å². The third kappa shape index (κ3) is 20.0. The fourth-order valence-electron chi connectivity index (χ4n) is 4.84. The van der Waals surface area contributed by atoms with Gasteiger partial charge in [-0.05, 0) is 31.1 Å². The maximum atomic E-state index is 13.5. The number of carboxylic acid groups (broad SMARTS) is 2. The molecule has 0 aromatic rings. The van der Waals surface area contributed by atoms with Gasteiger partial charge in [0.2, 0.25) is 41.2 Å². The SMILES string of the molecule is C=CCOC(=O)CNC(=O)C(=O)[C@H](CCC)NC(=O)CNC(=O)[C@@H](NC(=O)[C@@H](NC(=O)[C@H](CCC(=O)O)NC(=O)[C@H](CCC(=O)O)NC(C)=O)C(C)C)C(C)C. The number of carboxylic acids is 2. The van der Waals surface area contributed by atoms with Gasteiger partial charge in [-0.15, -0.1) is 0 Å². The van der Waals surface area contributed by atoms with Crippen LogP contribution in [0.25, 0.3) is 0 Å². The van der Waals surface area contributed by atoms with Gasteiger partial charge >= 0.3 is 17.9 Å². The number of ketones is 1. The molecule has 56 heavy (non-hydrogen) atoms. The number of amides is 7. The fraction of sp³-hybridized carbons (Fsp3) is 0.629. The molecule has 0 aliphatic rings. The summed E-state index contributed by atoms with van der Waals surface area (Å²) in [4.78, 5) is 136. The Kier molecular flexibility index (Phi) is 23.3. The molecule has 0 heterocycles. The highest BCUT2D eigenvalue weighted by Crippen LogP contribution is 2.09. The van der Waals surface area contributed by atoms with Crippen LogP contribution in [0.2, 0.25) is 0 Å². The summed E-state index contributed by atoms with van der Waals surface area (Å²) in [5, 5.41) is 34.7. The zero-order chi connectivity index (χ0) is 43.1. The minimum atomic E-state index is -1.54. The van der Waals surface area contributed by atoms with E-state index in [1.807, 2.05) is 0 Å². The lowest BCUT2D eigenvalue weighted by atomic mass is 9.99. The van der Waals surface area contributed by atoms with Gasteiger partial charge in [-0.1, -0.05) is 53.7 Å². The second-order valence-corrected chi connectivity index (χ2v) is 13.3. The zero-order valence-corrected chi connectivity index (χ0v) is 32.5. The van der Waals surface area contributed by atoms with E-state index in [0.717, 1.165) is 6.92 Å². The van der Waals surface area contributed by atoms with Gasteiger partial charge in [0.25, 0.3) is 5.91 Å². The van der Waals surface area contributed by atoms with Gasteiger partial charge in [0.1, 0.15) is 37.3 Å². The average molecular weight is 798 g/mol. The second-order valence-electron chi connectivity index (χ2n) is 13.3. The van der Waals surface area contributed by atoms with Crippen LogP contribution in [-0.4, -0.2) is 125 Å². The van der Waals surface area contributed by atoms with Crippen molar-refractivity contribution in [3.63, 3.8) is 0 Å². The molecule has 0 bridgehead atoms. The molecular weight excluding hydrogens is 742 g/mol. The lowest BCUT2D eigenvalue weighted by molar-refractivity contribution is -0.145. The molecule has 0 saturated heterocycles. The van der Waals surface area contributed by atoms with Crippen LogP contribution < -0.4 is 37.2 Å². The van der Waals surface area contributed by atoms with Crippen molar-refractivity contribution in [1.29, 1.82) is 0 Å². The second kappa shape index (κ2) is 26.0. The van der Waals surface area contributed by atoms with Gasteiger partial charge in [0.15, 0.2) is 0 Å². The average Bonchev–Trinajstić information content (AvgIpc) is 3.11. The Bertz CT molecular complexity index is 1470. The summed E-state index contributed by atoms with van der Waals surface area (Å²) < 4.78 is 4.72. The maximum Gasteiger partial charge on any atom is 0.325 e. The van der Waals surface area contributed by atoms with Crippen LogP contribution in [0.4, 0.5) is 0 Å².